The van der Waals surface area contributed by atoms with E-state index in [1.807, 2.05) is 6.92 Å². The van der Waals surface area contributed by atoms with Crippen molar-refractivity contribution in [3.05, 3.63) is 0 Å². The van der Waals surface area contributed by atoms with Crippen LogP contribution in [-0.4, -0.2) is 11.6 Å². The molecule has 2 heteroatoms. The highest BCUT2D eigenvalue weighted by Crippen LogP contribution is 2.13. The first-order chi connectivity index (χ1) is 4.20. The molecule has 1 amide bonds. The minimum absolute atomic E-state index is 0.0469. The van der Waals surface area contributed by atoms with Crippen molar-refractivity contribution in [2.75, 3.05) is 0 Å². The summed E-state index contributed by atoms with van der Waals surface area (Å²) in [6.45, 7) is 4.02. The monoisotopic (exact) mass is 125 g/mol. The van der Waals surface area contributed by atoms with Crippen LogP contribution in [0.3, 0.4) is 0 Å². The van der Waals surface area contributed by atoms with Gasteiger partial charge in [0, 0.05) is 12.1 Å². The van der Waals surface area contributed by atoms with Crippen molar-refractivity contribution in [1.29, 1.82) is 0 Å². The van der Waals surface area contributed by atoms with Crippen molar-refractivity contribution >= 4 is 11.6 Å². The smallest absolute Gasteiger partial charge is 0.245 e. The molecule has 0 saturated carbocycles. The number of nitrogens with zero attached hydrogens (tertiary/aromatic N) is 1. The van der Waals surface area contributed by atoms with Crippen LogP contribution in [0.2, 0.25) is 0 Å². The normalized spacial score (nSPS) is 28.0. The third-order valence-electron chi connectivity index (χ3n) is 1.81. The number of carbonyl (C=O) groups excluding carboxylic acids is 1. The first-order valence-electron chi connectivity index (χ1n) is 3.28. The molecule has 1 rings (SSSR count). The van der Waals surface area contributed by atoms with Crippen LogP contribution < -0.4 is 0 Å². The molecule has 0 aliphatic carbocycles. The van der Waals surface area contributed by atoms with Crippen LogP contribution in [0.5, 0.6) is 0 Å². The Morgan fingerprint density at radius 1 is 1.67 bits per heavy atom. The van der Waals surface area contributed by atoms with E-state index in [1.165, 1.54) is 0 Å². The largest absolute Gasteiger partial charge is 0.273 e. The molecule has 1 heterocycles. The lowest BCUT2D eigenvalue weighted by atomic mass is 9.98. The summed E-state index contributed by atoms with van der Waals surface area (Å²) >= 11 is 0. The number of hydrogen-bond acceptors (Lipinski definition) is 1. The molecule has 9 heavy (non-hydrogen) atoms. The Bertz CT molecular complexity index is 160. The average Bonchev–Trinajstić information content (AvgIpc) is 1.80. The summed E-state index contributed by atoms with van der Waals surface area (Å²) in [7, 11) is 0. The fraction of sp³-hybridized carbons (Fsp3) is 0.714. The molecule has 0 aromatic carbocycles. The van der Waals surface area contributed by atoms with E-state index in [4.69, 9.17) is 0 Å². The molecule has 0 radical (unpaired) electrons. The maximum absolute atomic E-state index is 10.6. The molecule has 0 bridgehead atoms. The Labute approximate surface area is 55.0 Å². The second kappa shape index (κ2) is 2.29. The first kappa shape index (κ1) is 6.46. The van der Waals surface area contributed by atoms with E-state index in [1.54, 1.807) is 0 Å². The predicted octanol–water partition coefficient (Wildman–Crippen LogP) is 1.40. The van der Waals surface area contributed by atoms with Gasteiger partial charge >= 0.3 is 0 Å². The minimum atomic E-state index is 0.0469. The summed E-state index contributed by atoms with van der Waals surface area (Å²) in [5.74, 6) is 0.563. The maximum Gasteiger partial charge on any atom is 0.245 e. The molecule has 2 nitrogen and oxygen atoms in total. The van der Waals surface area contributed by atoms with Crippen molar-refractivity contribution in [1.82, 2.24) is 0 Å². The Kier molecular flexibility index (Phi) is 1.65. The summed E-state index contributed by atoms with van der Waals surface area (Å²) in [5, 5.41) is 0. The van der Waals surface area contributed by atoms with E-state index in [9.17, 15) is 4.79 Å². The number of carbonyl (C=O) groups is 1. The van der Waals surface area contributed by atoms with E-state index >= 15 is 0 Å². The third kappa shape index (κ3) is 1.37. The van der Waals surface area contributed by atoms with Gasteiger partial charge in [0.25, 0.3) is 0 Å². The Hall–Kier alpha value is -0.660. The van der Waals surface area contributed by atoms with Crippen LogP contribution in [0.1, 0.15) is 26.7 Å². The van der Waals surface area contributed by atoms with Gasteiger partial charge in [0.15, 0.2) is 0 Å². The van der Waals surface area contributed by atoms with Gasteiger partial charge in [-0.2, -0.15) is 0 Å². The summed E-state index contributed by atoms with van der Waals surface area (Å²) in [6, 6.07) is 0. The molecule has 50 valence electrons. The van der Waals surface area contributed by atoms with Crippen molar-refractivity contribution in [2.24, 2.45) is 10.9 Å². The van der Waals surface area contributed by atoms with E-state index in [2.05, 4.69) is 11.9 Å². The van der Waals surface area contributed by atoms with Gasteiger partial charge in [-0.3, -0.25) is 4.79 Å². The van der Waals surface area contributed by atoms with Gasteiger partial charge in [-0.25, -0.2) is 4.99 Å². The van der Waals surface area contributed by atoms with Crippen LogP contribution in [0.25, 0.3) is 0 Å². The zero-order chi connectivity index (χ0) is 6.85. The van der Waals surface area contributed by atoms with Gasteiger partial charge < -0.3 is 0 Å². The standard InChI is InChI=1S/C7H11NO/c1-5-3-4-7(9)8-6(5)2/h5H,3-4H2,1-2H3. The molecular formula is C7H11NO. The second-order valence-corrected chi connectivity index (χ2v) is 2.59. The average molecular weight is 125 g/mol. The lowest BCUT2D eigenvalue weighted by Crippen LogP contribution is -2.16. The fourth-order valence-corrected chi connectivity index (χ4v) is 0.912. The summed E-state index contributed by atoms with van der Waals surface area (Å²) in [5.41, 5.74) is 0.992. The van der Waals surface area contributed by atoms with Gasteiger partial charge in [0.05, 0.1) is 0 Å². The molecule has 1 aliphatic rings. The number of rotatable bonds is 0. The Morgan fingerprint density at radius 3 is 2.78 bits per heavy atom. The van der Waals surface area contributed by atoms with Gasteiger partial charge in [0.2, 0.25) is 5.91 Å². The zero-order valence-electron chi connectivity index (χ0n) is 5.85. The third-order valence-corrected chi connectivity index (χ3v) is 1.81. The van der Waals surface area contributed by atoms with E-state index in [0.717, 1.165) is 12.1 Å². The highest BCUT2D eigenvalue weighted by Gasteiger charge is 2.14. The first-order valence-corrected chi connectivity index (χ1v) is 3.28. The van der Waals surface area contributed by atoms with Crippen molar-refractivity contribution < 1.29 is 4.79 Å². The number of amides is 1. The minimum Gasteiger partial charge on any atom is -0.273 e. The molecule has 1 aliphatic heterocycles. The van der Waals surface area contributed by atoms with Crippen LogP contribution in [0.4, 0.5) is 0 Å². The van der Waals surface area contributed by atoms with E-state index < -0.39 is 0 Å². The molecule has 1 unspecified atom stereocenters. The molecule has 0 aromatic heterocycles. The van der Waals surface area contributed by atoms with Crippen LogP contribution in [-0.2, 0) is 4.79 Å². The maximum atomic E-state index is 10.6. The molecule has 0 saturated heterocycles. The predicted molar refractivity (Wildman–Crippen MR) is 36.5 cm³/mol. The van der Waals surface area contributed by atoms with E-state index in [-0.39, 0.29) is 5.91 Å². The summed E-state index contributed by atoms with van der Waals surface area (Å²) in [4.78, 5) is 14.5. The van der Waals surface area contributed by atoms with Gasteiger partial charge in [-0.15, -0.1) is 0 Å². The molecule has 0 spiro atoms. The quantitative estimate of drug-likeness (QED) is 0.481. The summed E-state index contributed by atoms with van der Waals surface area (Å²) < 4.78 is 0. The van der Waals surface area contributed by atoms with Crippen molar-refractivity contribution in [3.63, 3.8) is 0 Å². The van der Waals surface area contributed by atoms with Gasteiger partial charge in [0.1, 0.15) is 0 Å². The second-order valence-electron chi connectivity index (χ2n) is 2.59. The van der Waals surface area contributed by atoms with Crippen LogP contribution in [0.15, 0.2) is 4.99 Å². The molecular weight excluding hydrogens is 114 g/mol. The lowest BCUT2D eigenvalue weighted by Gasteiger charge is -2.13. The number of aliphatic imine (C=N–C) groups is 1. The lowest BCUT2D eigenvalue weighted by molar-refractivity contribution is -0.118. The molecule has 0 N–H and O–H groups in total. The Morgan fingerprint density at radius 2 is 2.33 bits per heavy atom. The molecule has 0 aromatic rings. The van der Waals surface area contributed by atoms with Crippen LogP contribution >= 0.6 is 0 Å². The highest BCUT2D eigenvalue weighted by atomic mass is 16.1. The summed E-state index contributed by atoms with van der Waals surface area (Å²) in [6.07, 6.45) is 1.62. The molecule has 0 fully saturated rings. The highest BCUT2D eigenvalue weighted by molar-refractivity contribution is 5.97. The van der Waals surface area contributed by atoms with Crippen molar-refractivity contribution in [3.8, 4) is 0 Å². The molecule has 1 atom stereocenters. The SMILES string of the molecule is CC1=NC(=O)CCC1C. The topological polar surface area (TPSA) is 29.4 Å². The fourth-order valence-electron chi connectivity index (χ4n) is 0.912. The Balaban J connectivity index is 2.72. The van der Waals surface area contributed by atoms with Gasteiger partial charge in [-0.05, 0) is 19.3 Å². The van der Waals surface area contributed by atoms with Gasteiger partial charge in [-0.1, -0.05) is 6.92 Å². The number of hydrogen-bond donors (Lipinski definition) is 0. The van der Waals surface area contributed by atoms with E-state index in [0.29, 0.717) is 12.3 Å². The van der Waals surface area contributed by atoms with Crippen LogP contribution in [0, 0.1) is 5.92 Å². The van der Waals surface area contributed by atoms with Crippen molar-refractivity contribution in [2.45, 2.75) is 26.7 Å². The zero-order valence-corrected chi connectivity index (χ0v) is 5.85.